The van der Waals surface area contributed by atoms with E-state index in [1.54, 1.807) is 11.3 Å². The molecule has 1 aromatic rings. The summed E-state index contributed by atoms with van der Waals surface area (Å²) in [5.41, 5.74) is 3.15. The van der Waals surface area contributed by atoms with Crippen LogP contribution in [-0.4, -0.2) is 35.6 Å². The maximum absolute atomic E-state index is 4.37. The molecule has 1 aliphatic heterocycles. The number of rotatable bonds is 4. The maximum Gasteiger partial charge on any atom is 0.0795 e. The summed E-state index contributed by atoms with van der Waals surface area (Å²) < 4.78 is 0. The van der Waals surface area contributed by atoms with E-state index >= 15 is 0 Å². The first kappa shape index (κ1) is 12.0. The van der Waals surface area contributed by atoms with Crippen LogP contribution in [0.3, 0.4) is 0 Å². The molecule has 0 saturated carbocycles. The fourth-order valence-electron chi connectivity index (χ4n) is 2.31. The minimum absolute atomic E-state index is 0.672. The summed E-state index contributed by atoms with van der Waals surface area (Å²) in [6, 6.07) is 0.672. The van der Waals surface area contributed by atoms with Crippen molar-refractivity contribution in [3.05, 3.63) is 16.6 Å². The molecule has 4 heteroatoms. The average molecular weight is 239 g/mol. The van der Waals surface area contributed by atoms with Gasteiger partial charge in [0.05, 0.1) is 11.2 Å². The van der Waals surface area contributed by atoms with Crippen molar-refractivity contribution in [3.63, 3.8) is 0 Å². The van der Waals surface area contributed by atoms with E-state index in [0.29, 0.717) is 6.04 Å². The van der Waals surface area contributed by atoms with Crippen LogP contribution >= 0.6 is 11.3 Å². The van der Waals surface area contributed by atoms with Crippen molar-refractivity contribution in [2.45, 2.75) is 38.8 Å². The third-order valence-electron chi connectivity index (χ3n) is 3.07. The molecule has 0 bridgehead atoms. The van der Waals surface area contributed by atoms with Crippen LogP contribution in [0.15, 0.2) is 10.9 Å². The second kappa shape index (κ2) is 6.33. The third-order valence-corrected chi connectivity index (χ3v) is 3.70. The summed E-state index contributed by atoms with van der Waals surface area (Å²) in [7, 11) is 0. The summed E-state index contributed by atoms with van der Waals surface area (Å²) in [4.78, 5) is 6.91. The molecule has 2 rings (SSSR count). The van der Waals surface area contributed by atoms with Crippen LogP contribution in [0, 0.1) is 0 Å². The SMILES string of the molecule is CCCC1CN(Cc2cscn2)CCCN1. The summed E-state index contributed by atoms with van der Waals surface area (Å²) in [6.45, 7) is 6.82. The van der Waals surface area contributed by atoms with Crippen LogP contribution in [-0.2, 0) is 6.54 Å². The zero-order valence-electron chi connectivity index (χ0n) is 9.98. The Morgan fingerprint density at radius 1 is 1.62 bits per heavy atom. The molecule has 0 aliphatic carbocycles. The molecule has 2 heterocycles. The lowest BCUT2D eigenvalue weighted by atomic mass is 10.1. The number of hydrogen-bond donors (Lipinski definition) is 1. The quantitative estimate of drug-likeness (QED) is 0.872. The second-order valence-corrected chi connectivity index (χ2v) is 5.23. The molecule has 3 nitrogen and oxygen atoms in total. The van der Waals surface area contributed by atoms with Gasteiger partial charge in [0.15, 0.2) is 0 Å². The van der Waals surface area contributed by atoms with E-state index in [4.69, 9.17) is 0 Å². The van der Waals surface area contributed by atoms with Crippen LogP contribution in [0.5, 0.6) is 0 Å². The van der Waals surface area contributed by atoms with E-state index in [1.165, 1.54) is 38.0 Å². The number of thiazole rings is 1. The van der Waals surface area contributed by atoms with Crippen molar-refractivity contribution in [2.75, 3.05) is 19.6 Å². The van der Waals surface area contributed by atoms with Gasteiger partial charge in [0.2, 0.25) is 0 Å². The molecular weight excluding hydrogens is 218 g/mol. The Kier molecular flexibility index (Phi) is 4.75. The first-order chi connectivity index (χ1) is 7.88. The van der Waals surface area contributed by atoms with E-state index in [9.17, 15) is 0 Å². The van der Waals surface area contributed by atoms with Gasteiger partial charge in [-0.05, 0) is 25.9 Å². The third kappa shape index (κ3) is 3.54. The van der Waals surface area contributed by atoms with Gasteiger partial charge in [0, 0.05) is 24.5 Å². The molecule has 1 saturated heterocycles. The number of nitrogens with one attached hydrogen (secondary N) is 1. The van der Waals surface area contributed by atoms with Gasteiger partial charge in [-0.3, -0.25) is 4.90 Å². The van der Waals surface area contributed by atoms with Crippen molar-refractivity contribution >= 4 is 11.3 Å². The Labute approximate surface area is 102 Å². The van der Waals surface area contributed by atoms with Gasteiger partial charge in [0.25, 0.3) is 0 Å². The summed E-state index contributed by atoms with van der Waals surface area (Å²) in [5, 5.41) is 5.79. The highest BCUT2D eigenvalue weighted by molar-refractivity contribution is 7.07. The first-order valence-corrected chi connectivity index (χ1v) is 7.15. The molecule has 90 valence electrons. The lowest BCUT2D eigenvalue weighted by molar-refractivity contribution is 0.252. The van der Waals surface area contributed by atoms with Gasteiger partial charge in [0.1, 0.15) is 0 Å². The fourth-order valence-corrected chi connectivity index (χ4v) is 2.86. The van der Waals surface area contributed by atoms with Crippen LogP contribution in [0.25, 0.3) is 0 Å². The van der Waals surface area contributed by atoms with Crippen LogP contribution < -0.4 is 5.32 Å². The molecule has 0 amide bonds. The van der Waals surface area contributed by atoms with Gasteiger partial charge in [-0.2, -0.15) is 0 Å². The second-order valence-electron chi connectivity index (χ2n) is 4.51. The Morgan fingerprint density at radius 3 is 3.31 bits per heavy atom. The molecule has 1 N–H and O–H groups in total. The Hall–Kier alpha value is -0.450. The standard InChI is InChI=1S/C12H21N3S/c1-2-4-11-7-15(6-3-5-13-11)8-12-9-16-10-14-12/h9-11,13H,2-8H2,1H3. The van der Waals surface area contributed by atoms with E-state index in [0.717, 1.165) is 13.1 Å². The monoisotopic (exact) mass is 239 g/mol. The highest BCUT2D eigenvalue weighted by Crippen LogP contribution is 2.10. The highest BCUT2D eigenvalue weighted by atomic mass is 32.1. The fraction of sp³-hybridized carbons (Fsp3) is 0.750. The topological polar surface area (TPSA) is 28.2 Å². The predicted molar refractivity (Wildman–Crippen MR) is 68.7 cm³/mol. The van der Waals surface area contributed by atoms with Crippen molar-refractivity contribution in [1.29, 1.82) is 0 Å². The molecule has 1 aromatic heterocycles. The van der Waals surface area contributed by atoms with Crippen LogP contribution in [0.1, 0.15) is 31.9 Å². The Bertz CT molecular complexity index is 286. The van der Waals surface area contributed by atoms with E-state index < -0.39 is 0 Å². The zero-order chi connectivity index (χ0) is 11.2. The lowest BCUT2D eigenvalue weighted by Crippen LogP contribution is -2.37. The number of hydrogen-bond acceptors (Lipinski definition) is 4. The minimum atomic E-state index is 0.672. The zero-order valence-corrected chi connectivity index (χ0v) is 10.8. The Balaban J connectivity index is 1.87. The smallest absolute Gasteiger partial charge is 0.0795 e. The molecule has 1 unspecified atom stereocenters. The van der Waals surface area contributed by atoms with Crippen molar-refractivity contribution in [2.24, 2.45) is 0 Å². The lowest BCUT2D eigenvalue weighted by Gasteiger charge is -2.23. The van der Waals surface area contributed by atoms with Crippen LogP contribution in [0.2, 0.25) is 0 Å². The number of aromatic nitrogens is 1. The van der Waals surface area contributed by atoms with Gasteiger partial charge in [-0.15, -0.1) is 11.3 Å². The number of nitrogens with zero attached hydrogens (tertiary/aromatic N) is 2. The molecular formula is C12H21N3S. The normalized spacial score (nSPS) is 23.2. The molecule has 0 spiro atoms. The minimum Gasteiger partial charge on any atom is -0.313 e. The summed E-state index contributed by atoms with van der Waals surface area (Å²) >= 11 is 1.69. The van der Waals surface area contributed by atoms with Crippen molar-refractivity contribution in [3.8, 4) is 0 Å². The van der Waals surface area contributed by atoms with Gasteiger partial charge in [-0.25, -0.2) is 4.98 Å². The van der Waals surface area contributed by atoms with E-state index in [1.807, 2.05) is 5.51 Å². The molecule has 1 atom stereocenters. The molecule has 0 radical (unpaired) electrons. The van der Waals surface area contributed by atoms with Crippen molar-refractivity contribution < 1.29 is 0 Å². The van der Waals surface area contributed by atoms with E-state index in [2.05, 4.69) is 27.5 Å². The van der Waals surface area contributed by atoms with E-state index in [-0.39, 0.29) is 0 Å². The Morgan fingerprint density at radius 2 is 2.56 bits per heavy atom. The first-order valence-electron chi connectivity index (χ1n) is 6.21. The summed E-state index contributed by atoms with van der Waals surface area (Å²) in [6.07, 6.45) is 3.81. The maximum atomic E-state index is 4.37. The highest BCUT2D eigenvalue weighted by Gasteiger charge is 2.17. The molecule has 1 aliphatic rings. The molecule has 0 aromatic carbocycles. The summed E-state index contributed by atoms with van der Waals surface area (Å²) in [5.74, 6) is 0. The van der Waals surface area contributed by atoms with Gasteiger partial charge >= 0.3 is 0 Å². The molecule has 16 heavy (non-hydrogen) atoms. The largest absolute Gasteiger partial charge is 0.313 e. The molecule has 1 fully saturated rings. The predicted octanol–water partition coefficient (Wildman–Crippen LogP) is 2.11. The van der Waals surface area contributed by atoms with Gasteiger partial charge in [-0.1, -0.05) is 13.3 Å². The van der Waals surface area contributed by atoms with Crippen molar-refractivity contribution in [1.82, 2.24) is 15.2 Å². The van der Waals surface area contributed by atoms with Crippen LogP contribution in [0.4, 0.5) is 0 Å². The van der Waals surface area contributed by atoms with Gasteiger partial charge < -0.3 is 5.32 Å². The average Bonchev–Trinajstić information content (AvgIpc) is 2.67.